The number of morpholine rings is 1. The summed E-state index contributed by atoms with van der Waals surface area (Å²) < 4.78 is 34.7. The first kappa shape index (κ1) is 41.3. The number of carbonyl (C=O) groups is 1. The van der Waals surface area contributed by atoms with Gasteiger partial charge in [0.2, 0.25) is 0 Å². The number of aryl methyl sites for hydroxylation is 1. The van der Waals surface area contributed by atoms with Crippen LogP contribution in [0.1, 0.15) is 65.6 Å². The van der Waals surface area contributed by atoms with Gasteiger partial charge >= 0.3 is 0 Å². The Hall–Kier alpha value is -3.90. The van der Waals surface area contributed by atoms with Crippen LogP contribution >= 0.6 is 23.4 Å². The number of allylic oxidation sites excluding steroid dienone is 1. The van der Waals surface area contributed by atoms with Crippen LogP contribution in [0.15, 0.2) is 119 Å². The SMILES string of the molecule is Cc1cc(S(=O)(=O)NC(=O)c2ccc(C3=CCN(CC4=C(c5ccc(Cl)cc5)CCCC4)CC3)cc2)ccc1N[C@H](CCN1CCOCC1)CSc1ccccc1. The van der Waals surface area contributed by atoms with Crippen LogP contribution in [0.5, 0.6) is 0 Å². The summed E-state index contributed by atoms with van der Waals surface area (Å²) in [5.41, 5.74) is 8.57. The van der Waals surface area contributed by atoms with E-state index in [1.165, 1.54) is 40.0 Å². The fraction of sp³-hybridized carbons (Fsp3) is 0.370. The predicted molar refractivity (Wildman–Crippen MR) is 235 cm³/mol. The Morgan fingerprint density at radius 3 is 2.32 bits per heavy atom. The van der Waals surface area contributed by atoms with Crippen LogP contribution in [0.4, 0.5) is 5.69 Å². The summed E-state index contributed by atoms with van der Waals surface area (Å²) in [4.78, 5) is 19.4. The molecule has 7 rings (SSSR count). The van der Waals surface area contributed by atoms with E-state index < -0.39 is 15.9 Å². The lowest BCUT2D eigenvalue weighted by Crippen LogP contribution is -2.39. The van der Waals surface area contributed by atoms with Crippen molar-refractivity contribution in [2.24, 2.45) is 0 Å². The molecule has 0 spiro atoms. The molecular weight excluding hydrogens is 772 g/mol. The molecule has 1 atom stereocenters. The average Bonchev–Trinajstić information content (AvgIpc) is 3.24. The molecule has 2 N–H and O–H groups in total. The number of carbonyl (C=O) groups excluding carboxylic acids is 1. The van der Waals surface area contributed by atoms with Crippen molar-refractivity contribution in [3.8, 4) is 0 Å². The highest BCUT2D eigenvalue weighted by atomic mass is 35.5. The van der Waals surface area contributed by atoms with Crippen molar-refractivity contribution >= 4 is 56.1 Å². The summed E-state index contributed by atoms with van der Waals surface area (Å²) in [6.07, 6.45) is 8.84. The summed E-state index contributed by atoms with van der Waals surface area (Å²) >= 11 is 7.97. The number of anilines is 1. The molecule has 2 heterocycles. The van der Waals surface area contributed by atoms with Gasteiger partial charge in [-0.15, -0.1) is 11.8 Å². The molecule has 300 valence electrons. The Morgan fingerprint density at radius 1 is 0.860 bits per heavy atom. The molecular formula is C46H53ClN4O4S2. The molecule has 0 saturated carbocycles. The third-order valence-electron chi connectivity index (χ3n) is 11.2. The summed E-state index contributed by atoms with van der Waals surface area (Å²) in [5, 5.41) is 4.46. The molecule has 57 heavy (non-hydrogen) atoms. The number of nitrogens with one attached hydrogen (secondary N) is 2. The van der Waals surface area contributed by atoms with E-state index in [2.05, 4.69) is 50.2 Å². The van der Waals surface area contributed by atoms with E-state index in [9.17, 15) is 13.2 Å². The van der Waals surface area contributed by atoms with Crippen LogP contribution in [0, 0.1) is 6.92 Å². The Bertz CT molecular complexity index is 2150. The van der Waals surface area contributed by atoms with Crippen molar-refractivity contribution in [1.29, 1.82) is 0 Å². The quantitative estimate of drug-likeness (QED) is 0.115. The second-order valence-corrected chi connectivity index (χ2v) is 18.4. The molecule has 0 radical (unpaired) electrons. The zero-order valence-electron chi connectivity index (χ0n) is 32.7. The van der Waals surface area contributed by atoms with Gasteiger partial charge in [0, 0.05) is 72.2 Å². The second kappa shape index (κ2) is 19.7. The van der Waals surface area contributed by atoms with Crippen molar-refractivity contribution < 1.29 is 17.9 Å². The Morgan fingerprint density at radius 2 is 1.60 bits per heavy atom. The molecule has 8 nitrogen and oxygen atoms in total. The molecule has 1 aliphatic carbocycles. The van der Waals surface area contributed by atoms with Gasteiger partial charge in [0.25, 0.3) is 15.9 Å². The molecule has 2 aliphatic heterocycles. The number of hydrogen-bond donors (Lipinski definition) is 2. The summed E-state index contributed by atoms with van der Waals surface area (Å²) in [7, 11) is -4.10. The summed E-state index contributed by atoms with van der Waals surface area (Å²) in [6, 6.07) is 31.0. The summed E-state index contributed by atoms with van der Waals surface area (Å²) in [5.74, 6) is 0.215. The normalized spacial score (nSPS) is 17.5. The molecule has 1 amide bonds. The van der Waals surface area contributed by atoms with Gasteiger partial charge in [-0.25, -0.2) is 13.1 Å². The van der Waals surface area contributed by atoms with Gasteiger partial charge in [-0.1, -0.05) is 65.7 Å². The van der Waals surface area contributed by atoms with Crippen LogP contribution in [-0.4, -0.2) is 88.4 Å². The minimum atomic E-state index is -4.10. The highest BCUT2D eigenvalue weighted by molar-refractivity contribution is 7.99. The van der Waals surface area contributed by atoms with Gasteiger partial charge < -0.3 is 10.1 Å². The maximum atomic E-state index is 13.4. The largest absolute Gasteiger partial charge is 0.381 e. The van der Waals surface area contributed by atoms with E-state index in [1.54, 1.807) is 24.3 Å². The monoisotopic (exact) mass is 824 g/mol. The van der Waals surface area contributed by atoms with Gasteiger partial charge in [0.15, 0.2) is 0 Å². The van der Waals surface area contributed by atoms with Crippen molar-refractivity contribution in [3.05, 3.63) is 136 Å². The zero-order valence-corrected chi connectivity index (χ0v) is 35.1. The number of ether oxygens (including phenoxy) is 1. The number of amides is 1. The number of sulfonamides is 1. The van der Waals surface area contributed by atoms with Crippen LogP contribution in [0.25, 0.3) is 11.1 Å². The third kappa shape index (κ3) is 11.4. The highest BCUT2D eigenvalue weighted by Gasteiger charge is 2.23. The van der Waals surface area contributed by atoms with Crippen molar-refractivity contribution in [2.45, 2.75) is 61.3 Å². The number of benzene rings is 4. The zero-order chi connectivity index (χ0) is 39.6. The highest BCUT2D eigenvalue weighted by Crippen LogP contribution is 2.34. The van der Waals surface area contributed by atoms with E-state index in [1.807, 2.05) is 67.2 Å². The number of rotatable bonds is 15. The summed E-state index contributed by atoms with van der Waals surface area (Å²) in [6.45, 7) is 9.04. The molecule has 4 aromatic carbocycles. The molecule has 0 unspecified atom stereocenters. The van der Waals surface area contributed by atoms with E-state index in [-0.39, 0.29) is 10.9 Å². The van der Waals surface area contributed by atoms with Gasteiger partial charge in [-0.3, -0.25) is 14.6 Å². The first-order valence-electron chi connectivity index (χ1n) is 20.1. The first-order chi connectivity index (χ1) is 27.7. The molecule has 1 saturated heterocycles. The maximum Gasteiger partial charge on any atom is 0.264 e. The lowest BCUT2D eigenvalue weighted by Gasteiger charge is -2.30. The van der Waals surface area contributed by atoms with Crippen LogP contribution < -0.4 is 10.0 Å². The lowest BCUT2D eigenvalue weighted by molar-refractivity contribution is 0.0370. The van der Waals surface area contributed by atoms with E-state index in [4.69, 9.17) is 16.3 Å². The van der Waals surface area contributed by atoms with E-state index in [0.29, 0.717) is 5.56 Å². The van der Waals surface area contributed by atoms with Crippen LogP contribution in [0.2, 0.25) is 5.02 Å². The van der Waals surface area contributed by atoms with Gasteiger partial charge in [0.05, 0.1) is 18.1 Å². The van der Waals surface area contributed by atoms with E-state index in [0.717, 1.165) is 106 Å². The number of thioether (sulfide) groups is 1. The minimum absolute atomic E-state index is 0.0558. The molecule has 0 bridgehead atoms. The predicted octanol–water partition coefficient (Wildman–Crippen LogP) is 9.18. The van der Waals surface area contributed by atoms with Gasteiger partial charge in [-0.05, 0) is 128 Å². The minimum Gasteiger partial charge on any atom is -0.381 e. The van der Waals surface area contributed by atoms with Crippen LogP contribution in [-0.2, 0) is 14.8 Å². The number of halogens is 1. The third-order valence-corrected chi connectivity index (χ3v) is 13.9. The molecule has 4 aromatic rings. The second-order valence-electron chi connectivity index (χ2n) is 15.2. The Labute approximate surface area is 347 Å². The Kier molecular flexibility index (Phi) is 14.3. The van der Waals surface area contributed by atoms with Gasteiger partial charge in [0.1, 0.15) is 0 Å². The topological polar surface area (TPSA) is 91.0 Å². The number of nitrogens with zero attached hydrogens (tertiary/aromatic N) is 2. The number of hydrogen-bond acceptors (Lipinski definition) is 8. The van der Waals surface area contributed by atoms with Crippen LogP contribution in [0.3, 0.4) is 0 Å². The standard InChI is InChI=1S/C46H53ClN4O4S2/c1-34-31-43(19-20-45(34)48-41(23-26-50-27-29-55-30-28-50)33-56-42-8-3-2-4-9-42)57(53,54)49-46(52)38-13-11-35(12-14-38)36-21-24-51(25-22-36)32-39-7-5-6-10-44(39)37-15-17-40(47)18-16-37/h2-4,8-9,11-21,31,41,48H,5-7,10,22-30,32-33H2,1H3,(H,49,52)/t41-/m1/s1. The smallest absolute Gasteiger partial charge is 0.264 e. The maximum absolute atomic E-state index is 13.4. The van der Waals surface area contributed by atoms with Gasteiger partial charge in [-0.2, -0.15) is 0 Å². The molecule has 3 aliphatic rings. The first-order valence-corrected chi connectivity index (χ1v) is 23.0. The molecule has 1 fully saturated rings. The van der Waals surface area contributed by atoms with Crippen molar-refractivity contribution in [2.75, 3.05) is 63.6 Å². The van der Waals surface area contributed by atoms with Crippen molar-refractivity contribution in [3.63, 3.8) is 0 Å². The Balaban J connectivity index is 0.944. The van der Waals surface area contributed by atoms with E-state index >= 15 is 0 Å². The lowest BCUT2D eigenvalue weighted by atomic mass is 9.87. The van der Waals surface area contributed by atoms with Crippen molar-refractivity contribution in [1.82, 2.24) is 14.5 Å². The fourth-order valence-corrected chi connectivity index (χ4v) is 10.0. The fourth-order valence-electron chi connectivity index (χ4n) is 7.86. The molecule has 0 aromatic heterocycles. The average molecular weight is 826 g/mol. The molecule has 11 heteroatoms.